The summed E-state index contributed by atoms with van der Waals surface area (Å²) in [6.07, 6.45) is 0.265. The van der Waals surface area contributed by atoms with Crippen LogP contribution in [0.25, 0.3) is 0 Å². The number of hydrogen-bond donors (Lipinski definition) is 2. The lowest BCUT2D eigenvalue weighted by atomic mass is 10.0. The summed E-state index contributed by atoms with van der Waals surface area (Å²) in [7, 11) is -3.92. The van der Waals surface area contributed by atoms with Crippen LogP contribution >= 0.6 is 39.3 Å². The fourth-order valence-corrected chi connectivity index (χ4v) is 5.30. The number of halogens is 2. The molecule has 20 heavy (non-hydrogen) atoms. The minimum Gasteiger partial charge on any atom is -0.480 e. The van der Waals surface area contributed by atoms with Gasteiger partial charge in [-0.25, -0.2) is 8.42 Å². The number of sulfonamides is 1. The average Bonchev–Trinajstić information content (AvgIpc) is 2.81. The molecule has 0 aromatic heterocycles. The Morgan fingerprint density at radius 2 is 2.20 bits per heavy atom. The molecule has 0 amide bonds. The van der Waals surface area contributed by atoms with Crippen molar-refractivity contribution in [3.63, 3.8) is 0 Å². The first-order valence-electron chi connectivity index (χ1n) is 5.57. The molecular weight excluding hydrogens is 390 g/mol. The lowest BCUT2D eigenvalue weighted by Gasteiger charge is -2.24. The Labute approximate surface area is 134 Å². The Kier molecular flexibility index (Phi) is 4.70. The third-order valence-electron chi connectivity index (χ3n) is 2.96. The van der Waals surface area contributed by atoms with Crippen molar-refractivity contribution in [3.8, 4) is 0 Å². The molecule has 1 unspecified atom stereocenters. The van der Waals surface area contributed by atoms with Gasteiger partial charge < -0.3 is 5.11 Å². The van der Waals surface area contributed by atoms with Crippen molar-refractivity contribution in [1.29, 1.82) is 0 Å². The van der Waals surface area contributed by atoms with E-state index < -0.39 is 21.5 Å². The molecule has 0 aliphatic carbocycles. The van der Waals surface area contributed by atoms with Gasteiger partial charge in [-0.1, -0.05) is 11.6 Å². The van der Waals surface area contributed by atoms with Crippen LogP contribution < -0.4 is 4.72 Å². The van der Waals surface area contributed by atoms with Gasteiger partial charge in [0.2, 0.25) is 10.0 Å². The molecule has 1 aliphatic rings. The number of benzene rings is 1. The summed E-state index contributed by atoms with van der Waals surface area (Å²) in [5.41, 5.74) is -1.43. The summed E-state index contributed by atoms with van der Waals surface area (Å²) in [6, 6.07) is 4.13. The second-order valence-electron chi connectivity index (χ2n) is 4.37. The predicted octanol–water partition coefficient (Wildman–Crippen LogP) is 2.34. The molecule has 5 nitrogen and oxygen atoms in total. The van der Waals surface area contributed by atoms with E-state index in [1.54, 1.807) is 0 Å². The first kappa shape index (κ1) is 16.1. The van der Waals surface area contributed by atoms with Crippen LogP contribution in [0.3, 0.4) is 0 Å². The highest BCUT2D eigenvalue weighted by Gasteiger charge is 2.45. The van der Waals surface area contributed by atoms with Crippen LogP contribution in [-0.2, 0) is 14.8 Å². The first-order valence-corrected chi connectivity index (χ1v) is 9.38. The molecular formula is C11H11BrClNO4S2. The van der Waals surface area contributed by atoms with Crippen molar-refractivity contribution in [3.05, 3.63) is 27.7 Å². The molecule has 1 heterocycles. The Balaban J connectivity index is 2.35. The third-order valence-corrected chi connectivity index (χ3v) is 6.90. The van der Waals surface area contributed by atoms with E-state index in [1.165, 1.54) is 30.0 Å². The Hall–Kier alpha value is -0.280. The maximum Gasteiger partial charge on any atom is 0.325 e. The summed E-state index contributed by atoms with van der Waals surface area (Å²) in [6.45, 7) is 0. The van der Waals surface area contributed by atoms with Crippen LogP contribution in [0, 0.1) is 0 Å². The zero-order chi connectivity index (χ0) is 15.0. The monoisotopic (exact) mass is 399 g/mol. The molecule has 1 aliphatic heterocycles. The molecule has 1 aromatic rings. The van der Waals surface area contributed by atoms with Crippen molar-refractivity contribution in [2.24, 2.45) is 0 Å². The van der Waals surface area contributed by atoms with E-state index in [2.05, 4.69) is 20.7 Å². The Bertz CT molecular complexity index is 644. The average molecular weight is 401 g/mol. The molecule has 1 saturated heterocycles. The van der Waals surface area contributed by atoms with E-state index in [0.717, 1.165) is 0 Å². The first-order chi connectivity index (χ1) is 9.27. The van der Waals surface area contributed by atoms with Gasteiger partial charge in [-0.15, -0.1) is 0 Å². The number of thioether (sulfide) groups is 1. The number of carboxylic acid groups (broad SMARTS) is 1. The van der Waals surface area contributed by atoms with Crippen molar-refractivity contribution < 1.29 is 18.3 Å². The predicted molar refractivity (Wildman–Crippen MR) is 81.8 cm³/mol. The van der Waals surface area contributed by atoms with Gasteiger partial charge in [0, 0.05) is 10.2 Å². The van der Waals surface area contributed by atoms with Crippen molar-refractivity contribution in [1.82, 2.24) is 4.72 Å². The highest BCUT2D eigenvalue weighted by Crippen LogP contribution is 2.31. The molecule has 1 fully saturated rings. The largest absolute Gasteiger partial charge is 0.480 e. The molecule has 110 valence electrons. The van der Waals surface area contributed by atoms with Crippen LogP contribution in [-0.4, -0.2) is 36.5 Å². The summed E-state index contributed by atoms with van der Waals surface area (Å²) in [4.78, 5) is 11.4. The number of carbonyl (C=O) groups is 1. The molecule has 0 saturated carbocycles. The van der Waals surface area contributed by atoms with Crippen LogP contribution in [0.5, 0.6) is 0 Å². The molecule has 1 atom stereocenters. The smallest absolute Gasteiger partial charge is 0.325 e. The Morgan fingerprint density at radius 3 is 2.70 bits per heavy atom. The highest BCUT2D eigenvalue weighted by atomic mass is 79.9. The van der Waals surface area contributed by atoms with Gasteiger partial charge in [0.25, 0.3) is 0 Å². The van der Waals surface area contributed by atoms with Crippen LogP contribution in [0.4, 0.5) is 0 Å². The van der Waals surface area contributed by atoms with Crippen LogP contribution in [0.15, 0.2) is 27.6 Å². The van der Waals surface area contributed by atoms with Gasteiger partial charge in [-0.2, -0.15) is 16.5 Å². The lowest BCUT2D eigenvalue weighted by Crippen LogP contribution is -2.54. The van der Waals surface area contributed by atoms with E-state index in [-0.39, 0.29) is 17.1 Å². The van der Waals surface area contributed by atoms with Crippen LogP contribution in [0.1, 0.15) is 6.42 Å². The fourth-order valence-electron chi connectivity index (χ4n) is 1.82. The zero-order valence-electron chi connectivity index (χ0n) is 10.1. The summed E-state index contributed by atoms with van der Waals surface area (Å²) in [5, 5.41) is 9.68. The van der Waals surface area contributed by atoms with Gasteiger partial charge in [-0.3, -0.25) is 4.79 Å². The third kappa shape index (κ3) is 3.14. The number of rotatable bonds is 4. The molecule has 1 aromatic carbocycles. The van der Waals surface area contributed by atoms with E-state index >= 15 is 0 Å². The van der Waals surface area contributed by atoms with Crippen molar-refractivity contribution >= 4 is 55.3 Å². The quantitative estimate of drug-likeness (QED) is 0.810. The van der Waals surface area contributed by atoms with E-state index in [0.29, 0.717) is 15.2 Å². The summed E-state index contributed by atoms with van der Waals surface area (Å²) in [5.74, 6) is -0.325. The SMILES string of the molecule is O=C(O)C1(NS(=O)(=O)c2ccc(Cl)c(Br)c2)CCSC1. The van der Waals surface area contributed by atoms with E-state index in [9.17, 15) is 18.3 Å². The second-order valence-corrected chi connectivity index (χ2v) is 8.42. The van der Waals surface area contributed by atoms with Gasteiger partial charge in [0.05, 0.1) is 9.92 Å². The maximum atomic E-state index is 12.3. The Morgan fingerprint density at radius 1 is 1.50 bits per heavy atom. The van der Waals surface area contributed by atoms with Gasteiger partial charge in [-0.05, 0) is 46.3 Å². The summed E-state index contributed by atoms with van der Waals surface area (Å²) >= 11 is 10.4. The fraction of sp³-hybridized carbons (Fsp3) is 0.364. The number of nitrogens with one attached hydrogen (secondary N) is 1. The highest BCUT2D eigenvalue weighted by molar-refractivity contribution is 9.10. The standard InChI is InChI=1S/C11H11BrClNO4S2/c12-8-5-7(1-2-9(8)13)20(17,18)14-11(10(15)16)3-4-19-6-11/h1-2,5,14H,3-4,6H2,(H,15,16). The zero-order valence-corrected chi connectivity index (χ0v) is 14.1. The molecule has 9 heteroatoms. The van der Waals surface area contributed by atoms with Crippen molar-refractivity contribution in [2.75, 3.05) is 11.5 Å². The van der Waals surface area contributed by atoms with E-state index in [4.69, 9.17) is 11.6 Å². The van der Waals surface area contributed by atoms with Gasteiger partial charge in [0.15, 0.2) is 0 Å². The number of aliphatic carboxylic acids is 1. The molecule has 0 bridgehead atoms. The minimum atomic E-state index is -3.92. The summed E-state index contributed by atoms with van der Waals surface area (Å²) < 4.78 is 27.4. The second kappa shape index (κ2) is 5.84. The molecule has 2 N–H and O–H groups in total. The topological polar surface area (TPSA) is 83.5 Å². The van der Waals surface area contributed by atoms with Gasteiger partial charge >= 0.3 is 5.97 Å². The minimum absolute atomic E-state index is 0.0219. The van der Waals surface area contributed by atoms with E-state index in [1.807, 2.05) is 0 Å². The molecule has 0 spiro atoms. The number of hydrogen-bond acceptors (Lipinski definition) is 4. The molecule has 0 radical (unpaired) electrons. The lowest BCUT2D eigenvalue weighted by molar-refractivity contribution is -0.142. The molecule has 2 rings (SSSR count). The normalized spacial score (nSPS) is 22.9. The number of carboxylic acids is 1. The van der Waals surface area contributed by atoms with Crippen LogP contribution in [0.2, 0.25) is 5.02 Å². The van der Waals surface area contributed by atoms with Gasteiger partial charge in [0.1, 0.15) is 5.54 Å². The van der Waals surface area contributed by atoms with Crippen molar-refractivity contribution in [2.45, 2.75) is 16.9 Å². The maximum absolute atomic E-state index is 12.3.